The van der Waals surface area contributed by atoms with E-state index in [-0.39, 0.29) is 11.3 Å². The number of ether oxygens (including phenoxy) is 1. The van der Waals surface area contributed by atoms with Gasteiger partial charge in [0.15, 0.2) is 0 Å². The first-order valence-electron chi connectivity index (χ1n) is 13.5. The number of hydrogen-bond acceptors (Lipinski definition) is 5. The van der Waals surface area contributed by atoms with E-state index in [1.807, 2.05) is 60.7 Å². The Labute approximate surface area is 224 Å². The third-order valence-electron chi connectivity index (χ3n) is 7.59. The summed E-state index contributed by atoms with van der Waals surface area (Å²) in [5.74, 6) is -0.696. The average Bonchev–Trinajstić information content (AvgIpc) is 3.23. The molecule has 0 bridgehead atoms. The minimum atomic E-state index is -0.750. The van der Waals surface area contributed by atoms with Crippen LogP contribution in [-0.2, 0) is 22.4 Å². The number of amides is 1. The SMILES string of the molecule is CCc1ccc(N2C(=O)C(=O)/C(=C(\O)c3ccc4c(c3)CCCO4)C2c2ccc(N(CC)CC)cc2)cc1. The number of fused-ring (bicyclic) bond motifs is 1. The number of carbonyl (C=O) groups is 2. The number of aryl methyl sites for hydroxylation is 2. The van der Waals surface area contributed by atoms with E-state index in [1.54, 1.807) is 6.07 Å². The van der Waals surface area contributed by atoms with Gasteiger partial charge in [-0.25, -0.2) is 0 Å². The molecule has 38 heavy (non-hydrogen) atoms. The fourth-order valence-electron chi connectivity index (χ4n) is 5.43. The highest BCUT2D eigenvalue weighted by molar-refractivity contribution is 6.51. The van der Waals surface area contributed by atoms with Crippen molar-refractivity contribution < 1.29 is 19.4 Å². The van der Waals surface area contributed by atoms with Crippen molar-refractivity contribution in [3.63, 3.8) is 0 Å². The molecule has 1 atom stereocenters. The topological polar surface area (TPSA) is 70.1 Å². The summed E-state index contributed by atoms with van der Waals surface area (Å²) in [5.41, 5.74) is 5.20. The molecule has 1 unspecified atom stereocenters. The number of ketones is 1. The second kappa shape index (κ2) is 10.7. The molecule has 196 valence electrons. The van der Waals surface area contributed by atoms with Crippen LogP contribution in [0.1, 0.15) is 55.5 Å². The molecule has 6 nitrogen and oxygen atoms in total. The number of rotatable bonds is 7. The van der Waals surface area contributed by atoms with Crippen molar-refractivity contribution >= 4 is 28.8 Å². The van der Waals surface area contributed by atoms with Gasteiger partial charge in [-0.15, -0.1) is 0 Å². The Balaban J connectivity index is 1.65. The molecule has 0 aromatic heterocycles. The molecule has 1 saturated heterocycles. The molecular weight excluding hydrogens is 476 g/mol. The van der Waals surface area contributed by atoms with Gasteiger partial charge >= 0.3 is 0 Å². The van der Waals surface area contributed by atoms with Crippen LogP contribution >= 0.6 is 0 Å². The van der Waals surface area contributed by atoms with E-state index in [1.165, 1.54) is 4.90 Å². The van der Waals surface area contributed by atoms with Gasteiger partial charge in [0.05, 0.1) is 18.2 Å². The van der Waals surface area contributed by atoms with Gasteiger partial charge in [0.25, 0.3) is 11.7 Å². The van der Waals surface area contributed by atoms with Crippen LogP contribution < -0.4 is 14.5 Å². The summed E-state index contributed by atoms with van der Waals surface area (Å²) >= 11 is 0. The Bertz CT molecular complexity index is 1370. The summed E-state index contributed by atoms with van der Waals surface area (Å²) in [6.45, 7) is 8.71. The lowest BCUT2D eigenvalue weighted by Gasteiger charge is -2.27. The molecule has 1 N–H and O–H groups in total. The van der Waals surface area contributed by atoms with Crippen LogP contribution in [0, 0.1) is 0 Å². The second-order valence-corrected chi connectivity index (χ2v) is 9.73. The van der Waals surface area contributed by atoms with E-state index in [9.17, 15) is 14.7 Å². The lowest BCUT2D eigenvalue weighted by molar-refractivity contribution is -0.132. The molecule has 5 rings (SSSR count). The van der Waals surface area contributed by atoms with E-state index in [0.29, 0.717) is 17.9 Å². The normalized spacial score (nSPS) is 18.3. The Hall–Kier alpha value is -4.06. The molecule has 1 amide bonds. The van der Waals surface area contributed by atoms with Crippen LogP contribution in [0.3, 0.4) is 0 Å². The van der Waals surface area contributed by atoms with E-state index >= 15 is 0 Å². The maximum absolute atomic E-state index is 13.5. The monoisotopic (exact) mass is 510 g/mol. The van der Waals surface area contributed by atoms with Gasteiger partial charge in [0.1, 0.15) is 11.5 Å². The predicted molar refractivity (Wildman–Crippen MR) is 151 cm³/mol. The third-order valence-corrected chi connectivity index (χ3v) is 7.59. The van der Waals surface area contributed by atoms with Crippen molar-refractivity contribution in [1.82, 2.24) is 0 Å². The highest BCUT2D eigenvalue weighted by atomic mass is 16.5. The van der Waals surface area contributed by atoms with Crippen molar-refractivity contribution in [1.29, 1.82) is 0 Å². The molecule has 2 aliphatic rings. The van der Waals surface area contributed by atoms with Crippen molar-refractivity contribution in [3.05, 3.63) is 94.6 Å². The van der Waals surface area contributed by atoms with E-state index in [2.05, 4.69) is 25.7 Å². The van der Waals surface area contributed by atoms with Gasteiger partial charge in [-0.2, -0.15) is 0 Å². The lowest BCUT2D eigenvalue weighted by atomic mass is 9.93. The van der Waals surface area contributed by atoms with Crippen LogP contribution in [0.25, 0.3) is 5.76 Å². The Morgan fingerprint density at radius 1 is 0.974 bits per heavy atom. The molecule has 2 heterocycles. The van der Waals surface area contributed by atoms with Crippen LogP contribution in [0.2, 0.25) is 0 Å². The van der Waals surface area contributed by atoms with Gasteiger partial charge in [-0.1, -0.05) is 31.2 Å². The number of Topliss-reactive ketones (excluding diaryl/α,β-unsaturated/α-hetero) is 1. The zero-order chi connectivity index (χ0) is 26.8. The molecule has 1 fully saturated rings. The zero-order valence-corrected chi connectivity index (χ0v) is 22.2. The van der Waals surface area contributed by atoms with Gasteiger partial charge in [0.2, 0.25) is 0 Å². The number of carbonyl (C=O) groups excluding carboxylic acids is 2. The van der Waals surface area contributed by atoms with Crippen molar-refractivity contribution in [2.75, 3.05) is 29.5 Å². The molecular formula is C32H34N2O4. The number of anilines is 2. The predicted octanol–water partition coefficient (Wildman–Crippen LogP) is 6.05. The Kier molecular flexibility index (Phi) is 7.23. The minimum Gasteiger partial charge on any atom is -0.507 e. The van der Waals surface area contributed by atoms with E-state index in [4.69, 9.17) is 4.74 Å². The number of nitrogens with zero attached hydrogens (tertiary/aromatic N) is 2. The summed E-state index contributed by atoms with van der Waals surface area (Å²) < 4.78 is 5.72. The molecule has 0 aliphatic carbocycles. The summed E-state index contributed by atoms with van der Waals surface area (Å²) in [6, 6.07) is 20.3. The third kappa shape index (κ3) is 4.55. The van der Waals surface area contributed by atoms with Crippen LogP contribution in [0.5, 0.6) is 5.75 Å². The van der Waals surface area contributed by atoms with Crippen LogP contribution in [0.4, 0.5) is 11.4 Å². The number of aliphatic hydroxyl groups is 1. The standard InChI is InChI=1S/C32H34N2O4/c1-4-21-9-14-26(15-10-21)34-29(22-11-16-25(17-12-22)33(5-2)6-3)28(31(36)32(34)37)30(35)24-13-18-27-23(20-24)8-7-19-38-27/h9-18,20,29,35H,4-8,19H2,1-3H3/b30-28-. The zero-order valence-electron chi connectivity index (χ0n) is 22.2. The highest BCUT2D eigenvalue weighted by Crippen LogP contribution is 2.43. The molecule has 6 heteroatoms. The van der Waals surface area contributed by atoms with Crippen LogP contribution in [-0.4, -0.2) is 36.5 Å². The van der Waals surface area contributed by atoms with Crippen molar-refractivity contribution in [3.8, 4) is 5.75 Å². The Morgan fingerprint density at radius 3 is 2.34 bits per heavy atom. The van der Waals surface area contributed by atoms with Gasteiger partial charge in [0, 0.05) is 30.0 Å². The number of aliphatic hydroxyl groups excluding tert-OH is 1. The van der Waals surface area contributed by atoms with E-state index < -0.39 is 17.7 Å². The van der Waals surface area contributed by atoms with Crippen LogP contribution in [0.15, 0.2) is 72.3 Å². The summed E-state index contributed by atoms with van der Waals surface area (Å²) in [5, 5.41) is 11.5. The maximum atomic E-state index is 13.5. The fourth-order valence-corrected chi connectivity index (χ4v) is 5.43. The van der Waals surface area contributed by atoms with Gasteiger partial charge < -0.3 is 14.7 Å². The highest BCUT2D eigenvalue weighted by Gasteiger charge is 2.47. The Morgan fingerprint density at radius 2 is 1.68 bits per heavy atom. The van der Waals surface area contributed by atoms with Gasteiger partial charge in [-0.3, -0.25) is 14.5 Å². The molecule has 3 aromatic carbocycles. The maximum Gasteiger partial charge on any atom is 0.300 e. The van der Waals surface area contributed by atoms with Crippen molar-refractivity contribution in [2.24, 2.45) is 0 Å². The summed E-state index contributed by atoms with van der Waals surface area (Å²) in [7, 11) is 0. The molecule has 0 radical (unpaired) electrons. The fraction of sp³-hybridized carbons (Fsp3) is 0.312. The molecule has 2 aliphatic heterocycles. The average molecular weight is 511 g/mol. The smallest absolute Gasteiger partial charge is 0.300 e. The number of benzene rings is 3. The van der Waals surface area contributed by atoms with E-state index in [0.717, 1.165) is 60.5 Å². The first kappa shape index (κ1) is 25.6. The quantitative estimate of drug-likeness (QED) is 0.238. The second-order valence-electron chi connectivity index (χ2n) is 9.73. The molecule has 3 aromatic rings. The minimum absolute atomic E-state index is 0.0989. The summed E-state index contributed by atoms with van der Waals surface area (Å²) in [6.07, 6.45) is 2.61. The number of hydrogen-bond donors (Lipinski definition) is 1. The lowest BCUT2D eigenvalue weighted by Crippen LogP contribution is -2.29. The first-order chi connectivity index (χ1) is 18.5. The molecule has 0 saturated carbocycles. The van der Waals surface area contributed by atoms with Gasteiger partial charge in [-0.05, 0) is 92.3 Å². The molecule has 0 spiro atoms. The largest absolute Gasteiger partial charge is 0.507 e. The van der Waals surface area contributed by atoms with Crippen molar-refractivity contribution in [2.45, 2.75) is 46.1 Å². The summed E-state index contributed by atoms with van der Waals surface area (Å²) in [4.78, 5) is 30.8. The first-order valence-corrected chi connectivity index (χ1v) is 13.5.